The first-order chi connectivity index (χ1) is 10.4. The van der Waals surface area contributed by atoms with Crippen LogP contribution in [0.5, 0.6) is 0 Å². The van der Waals surface area contributed by atoms with Crippen molar-refractivity contribution in [2.45, 2.75) is 68.0 Å². The van der Waals surface area contributed by atoms with Crippen LogP contribution in [0.4, 0.5) is 0 Å². The van der Waals surface area contributed by atoms with E-state index < -0.39 is 0 Å². The number of thioether (sulfide) groups is 1. The summed E-state index contributed by atoms with van der Waals surface area (Å²) >= 11 is 1.52. The molecule has 1 aromatic rings. The second-order valence-electron chi connectivity index (χ2n) is 5.84. The predicted octanol–water partition coefficient (Wildman–Crippen LogP) is 2.42. The third-order valence-electron chi connectivity index (χ3n) is 4.34. The highest BCUT2D eigenvalue weighted by atomic mass is 32.2. The molecule has 0 aromatic carbocycles. The summed E-state index contributed by atoms with van der Waals surface area (Å²) in [5.41, 5.74) is 0. The Morgan fingerprint density at radius 1 is 1.29 bits per heavy atom. The highest BCUT2D eigenvalue weighted by Crippen LogP contribution is 2.35. The maximum Gasteiger partial charge on any atom is 0.210 e. The smallest absolute Gasteiger partial charge is 0.210 e. The Morgan fingerprint density at radius 3 is 2.86 bits per heavy atom. The molecule has 1 aliphatic carbocycles. The molecule has 21 heavy (non-hydrogen) atoms. The number of tetrazole rings is 1. The lowest BCUT2D eigenvalue weighted by Gasteiger charge is -2.24. The van der Waals surface area contributed by atoms with Gasteiger partial charge in [0.05, 0.1) is 18.7 Å². The van der Waals surface area contributed by atoms with E-state index in [1.807, 2.05) is 0 Å². The van der Waals surface area contributed by atoms with Gasteiger partial charge in [0.1, 0.15) is 5.25 Å². The SMILES string of the molecule is N#C[C@H](Sc1nnnn1C[C@H]1CCCO1)C1CCCCC1. The summed E-state index contributed by atoms with van der Waals surface area (Å²) in [5, 5.41) is 22.1. The summed E-state index contributed by atoms with van der Waals surface area (Å²) in [5.74, 6) is 0.474. The van der Waals surface area contributed by atoms with Crippen LogP contribution < -0.4 is 0 Å². The topological polar surface area (TPSA) is 76.6 Å². The molecule has 2 atom stereocenters. The van der Waals surface area contributed by atoms with Crippen LogP contribution in [0.2, 0.25) is 0 Å². The molecule has 0 unspecified atom stereocenters. The summed E-state index contributed by atoms with van der Waals surface area (Å²) in [7, 11) is 0. The van der Waals surface area contributed by atoms with Crippen molar-refractivity contribution in [1.29, 1.82) is 5.26 Å². The van der Waals surface area contributed by atoms with Crippen LogP contribution in [-0.2, 0) is 11.3 Å². The molecular formula is C14H21N5OS. The number of nitriles is 1. The van der Waals surface area contributed by atoms with Crippen molar-refractivity contribution in [3.8, 4) is 6.07 Å². The first kappa shape index (κ1) is 14.8. The molecule has 1 aromatic heterocycles. The number of hydrogen-bond acceptors (Lipinski definition) is 6. The predicted molar refractivity (Wildman–Crippen MR) is 78.6 cm³/mol. The minimum Gasteiger partial charge on any atom is -0.376 e. The Bertz CT molecular complexity index is 488. The summed E-state index contributed by atoms with van der Waals surface area (Å²) in [6.45, 7) is 1.52. The Morgan fingerprint density at radius 2 is 2.14 bits per heavy atom. The van der Waals surface area contributed by atoms with E-state index in [2.05, 4.69) is 21.6 Å². The molecule has 7 heteroatoms. The fourth-order valence-corrected chi connectivity index (χ4v) is 4.22. The Hall–Kier alpha value is -1.13. The minimum absolute atomic E-state index is 0.0421. The van der Waals surface area contributed by atoms with Gasteiger partial charge in [0.2, 0.25) is 5.16 Å². The number of aromatic nitrogens is 4. The highest BCUT2D eigenvalue weighted by molar-refractivity contribution is 8.00. The first-order valence-corrected chi connectivity index (χ1v) is 8.69. The van der Waals surface area contributed by atoms with Gasteiger partial charge in [-0.05, 0) is 42.0 Å². The molecule has 0 radical (unpaired) electrons. The second-order valence-corrected chi connectivity index (χ2v) is 6.95. The molecule has 0 N–H and O–H groups in total. The molecule has 1 aliphatic heterocycles. The van der Waals surface area contributed by atoms with Gasteiger partial charge in [0, 0.05) is 6.61 Å². The van der Waals surface area contributed by atoms with Gasteiger partial charge in [0.25, 0.3) is 0 Å². The van der Waals surface area contributed by atoms with Crippen LogP contribution in [0.1, 0.15) is 44.9 Å². The maximum atomic E-state index is 9.48. The molecule has 1 saturated carbocycles. The van der Waals surface area contributed by atoms with Crippen molar-refractivity contribution >= 4 is 11.8 Å². The van der Waals surface area contributed by atoms with Crippen LogP contribution in [0, 0.1) is 17.2 Å². The molecule has 2 fully saturated rings. The molecular weight excluding hydrogens is 286 g/mol. The standard InChI is InChI=1S/C14H21N5OS/c15-9-13(11-5-2-1-3-6-11)21-14-16-17-18-19(14)10-12-7-4-8-20-12/h11-13H,1-8,10H2/t12-,13+/m1/s1. The number of rotatable bonds is 5. The van der Waals surface area contributed by atoms with E-state index in [9.17, 15) is 5.26 Å². The van der Waals surface area contributed by atoms with E-state index in [0.29, 0.717) is 12.5 Å². The maximum absolute atomic E-state index is 9.48. The van der Waals surface area contributed by atoms with Crippen molar-refractivity contribution in [3.63, 3.8) is 0 Å². The van der Waals surface area contributed by atoms with E-state index in [-0.39, 0.29) is 11.4 Å². The van der Waals surface area contributed by atoms with Crippen LogP contribution in [0.25, 0.3) is 0 Å². The zero-order valence-electron chi connectivity index (χ0n) is 12.1. The molecule has 0 bridgehead atoms. The number of ether oxygens (including phenoxy) is 1. The van der Waals surface area contributed by atoms with Crippen molar-refractivity contribution in [3.05, 3.63) is 0 Å². The van der Waals surface area contributed by atoms with E-state index in [1.165, 1.54) is 31.0 Å². The van der Waals surface area contributed by atoms with Crippen LogP contribution in [0.15, 0.2) is 5.16 Å². The lowest BCUT2D eigenvalue weighted by Crippen LogP contribution is -2.21. The lowest BCUT2D eigenvalue weighted by atomic mass is 9.87. The molecule has 6 nitrogen and oxygen atoms in total. The van der Waals surface area contributed by atoms with E-state index in [0.717, 1.165) is 37.4 Å². The first-order valence-electron chi connectivity index (χ1n) is 7.81. The largest absolute Gasteiger partial charge is 0.376 e. The van der Waals surface area contributed by atoms with Crippen molar-refractivity contribution in [2.75, 3.05) is 6.61 Å². The highest BCUT2D eigenvalue weighted by Gasteiger charge is 2.27. The van der Waals surface area contributed by atoms with Gasteiger partial charge in [-0.15, -0.1) is 5.10 Å². The molecule has 1 saturated heterocycles. The van der Waals surface area contributed by atoms with Crippen molar-refractivity contribution in [2.24, 2.45) is 5.92 Å². The molecule has 2 heterocycles. The minimum atomic E-state index is -0.0421. The molecule has 2 aliphatic rings. The summed E-state index contributed by atoms with van der Waals surface area (Å²) < 4.78 is 7.44. The van der Waals surface area contributed by atoms with Gasteiger partial charge in [-0.25, -0.2) is 4.68 Å². The quantitative estimate of drug-likeness (QED) is 0.778. The van der Waals surface area contributed by atoms with Crippen LogP contribution in [0.3, 0.4) is 0 Å². The molecule has 0 spiro atoms. The zero-order chi connectivity index (χ0) is 14.5. The van der Waals surface area contributed by atoms with Crippen LogP contribution in [-0.4, -0.2) is 38.2 Å². The summed E-state index contributed by atoms with van der Waals surface area (Å²) in [6.07, 6.45) is 8.47. The van der Waals surface area contributed by atoms with E-state index in [4.69, 9.17) is 4.74 Å². The van der Waals surface area contributed by atoms with Gasteiger partial charge in [-0.2, -0.15) is 5.26 Å². The Balaban J connectivity index is 1.63. The fraction of sp³-hybridized carbons (Fsp3) is 0.857. The molecule has 0 amide bonds. The normalized spacial score (nSPS) is 24.8. The second kappa shape index (κ2) is 7.23. The van der Waals surface area contributed by atoms with Gasteiger partial charge in [-0.3, -0.25) is 0 Å². The monoisotopic (exact) mass is 307 g/mol. The van der Waals surface area contributed by atoms with E-state index >= 15 is 0 Å². The van der Waals surface area contributed by atoms with Gasteiger partial charge < -0.3 is 4.74 Å². The van der Waals surface area contributed by atoms with Gasteiger partial charge in [0.15, 0.2) is 0 Å². The number of nitrogens with zero attached hydrogens (tertiary/aromatic N) is 5. The molecule has 3 rings (SSSR count). The third-order valence-corrected chi connectivity index (χ3v) is 5.58. The average molecular weight is 307 g/mol. The third kappa shape index (κ3) is 3.74. The van der Waals surface area contributed by atoms with E-state index in [1.54, 1.807) is 4.68 Å². The fourth-order valence-electron chi connectivity index (χ4n) is 3.16. The molecule has 114 valence electrons. The zero-order valence-corrected chi connectivity index (χ0v) is 13.0. The lowest BCUT2D eigenvalue weighted by molar-refractivity contribution is 0.0911. The van der Waals surface area contributed by atoms with Crippen molar-refractivity contribution in [1.82, 2.24) is 20.2 Å². The van der Waals surface area contributed by atoms with Crippen LogP contribution >= 0.6 is 11.8 Å². The summed E-state index contributed by atoms with van der Waals surface area (Å²) in [6, 6.07) is 2.45. The summed E-state index contributed by atoms with van der Waals surface area (Å²) in [4.78, 5) is 0. The Kier molecular flexibility index (Phi) is 5.09. The van der Waals surface area contributed by atoms with Crippen molar-refractivity contribution < 1.29 is 4.74 Å². The van der Waals surface area contributed by atoms with Gasteiger partial charge in [-0.1, -0.05) is 31.0 Å². The number of hydrogen-bond donors (Lipinski definition) is 0. The van der Waals surface area contributed by atoms with Gasteiger partial charge >= 0.3 is 0 Å². The Labute approximate surface area is 129 Å². The average Bonchev–Trinajstić information content (AvgIpc) is 3.18.